The summed E-state index contributed by atoms with van der Waals surface area (Å²) in [7, 11) is 0. The van der Waals surface area contributed by atoms with Gasteiger partial charge in [-0.25, -0.2) is 0 Å². The van der Waals surface area contributed by atoms with Gasteiger partial charge in [0.05, 0.1) is 5.41 Å². The third kappa shape index (κ3) is 3.85. The molecule has 0 bridgehead atoms. The monoisotopic (exact) mass is 411 g/mol. The van der Waals surface area contributed by atoms with E-state index >= 15 is 0 Å². The first-order chi connectivity index (χ1) is 14.0. The number of halogens is 3. The Morgan fingerprint density at radius 2 is 1.76 bits per heavy atom. The summed E-state index contributed by atoms with van der Waals surface area (Å²) >= 11 is 6.17. The summed E-state index contributed by atoms with van der Waals surface area (Å²) in [5.41, 5.74) is 4.76. The van der Waals surface area contributed by atoms with Crippen LogP contribution in [-0.2, 0) is 5.41 Å². The number of hydrogen-bond acceptors (Lipinski definition) is 2. The van der Waals surface area contributed by atoms with Gasteiger partial charge in [0, 0.05) is 11.6 Å². The number of nitrogens with one attached hydrogen (secondary N) is 1. The molecule has 1 aliphatic heterocycles. The first-order valence-electron chi connectivity index (χ1n) is 9.31. The minimum Gasteiger partial charge on any atom is -0.435 e. The highest BCUT2D eigenvalue weighted by Crippen LogP contribution is 2.40. The lowest BCUT2D eigenvalue weighted by atomic mass is 9.73. The lowest BCUT2D eigenvalue weighted by molar-refractivity contribution is -0.0498. The maximum absolute atomic E-state index is 12.6. The van der Waals surface area contributed by atoms with E-state index in [1.54, 1.807) is 12.1 Å². The highest BCUT2D eigenvalue weighted by Gasteiger charge is 2.35. The molecule has 0 spiro atoms. The Morgan fingerprint density at radius 3 is 2.41 bits per heavy atom. The molecule has 148 valence electrons. The molecule has 0 radical (unpaired) electrons. The maximum Gasteiger partial charge on any atom is 0.387 e. The van der Waals surface area contributed by atoms with Crippen molar-refractivity contribution >= 4 is 11.6 Å². The van der Waals surface area contributed by atoms with Gasteiger partial charge in [0.15, 0.2) is 0 Å². The Hall–Kier alpha value is -2.85. The Labute approximate surface area is 173 Å². The Morgan fingerprint density at radius 1 is 1.00 bits per heavy atom. The van der Waals surface area contributed by atoms with E-state index in [1.165, 1.54) is 0 Å². The van der Waals surface area contributed by atoms with E-state index in [0.717, 1.165) is 27.8 Å². The molecule has 2 nitrogen and oxygen atoms in total. The number of alkyl halides is 2. The zero-order valence-corrected chi connectivity index (χ0v) is 16.6. The molecular weight excluding hydrogens is 392 g/mol. The van der Waals surface area contributed by atoms with Gasteiger partial charge in [-0.05, 0) is 71.3 Å². The van der Waals surface area contributed by atoms with E-state index in [1.807, 2.05) is 49.5 Å². The lowest BCUT2D eigenvalue weighted by Crippen LogP contribution is -2.31. The van der Waals surface area contributed by atoms with Crippen LogP contribution in [0.4, 0.5) is 8.78 Å². The van der Waals surface area contributed by atoms with Gasteiger partial charge in [-0.15, -0.1) is 0 Å². The average molecular weight is 412 g/mol. The second kappa shape index (κ2) is 7.88. The van der Waals surface area contributed by atoms with Gasteiger partial charge >= 0.3 is 6.61 Å². The van der Waals surface area contributed by atoms with Gasteiger partial charge in [0.2, 0.25) is 0 Å². The fourth-order valence-corrected chi connectivity index (χ4v) is 4.17. The van der Waals surface area contributed by atoms with Gasteiger partial charge in [-0.3, -0.25) is 0 Å². The SMILES string of the molecule is Cc1cc(OC(F)F)ccc1C1(c2cccc(-c3cccc(Cl)c3)c2)C=CNC1. The Kier molecular flexibility index (Phi) is 5.29. The zero-order chi connectivity index (χ0) is 20.4. The molecule has 1 heterocycles. The van der Waals surface area contributed by atoms with Gasteiger partial charge in [-0.2, -0.15) is 8.78 Å². The van der Waals surface area contributed by atoms with Crippen LogP contribution in [0, 0.1) is 6.92 Å². The molecule has 1 unspecified atom stereocenters. The molecular formula is C24H20ClF2NO. The molecule has 0 aromatic heterocycles. The van der Waals surface area contributed by atoms with Crippen LogP contribution in [-0.4, -0.2) is 13.2 Å². The maximum atomic E-state index is 12.6. The largest absolute Gasteiger partial charge is 0.435 e. The van der Waals surface area contributed by atoms with Gasteiger partial charge < -0.3 is 10.1 Å². The summed E-state index contributed by atoms with van der Waals surface area (Å²) in [6.07, 6.45) is 4.06. The molecule has 1 N–H and O–H groups in total. The fraction of sp³-hybridized carbons (Fsp3) is 0.167. The molecule has 3 aromatic rings. The van der Waals surface area contributed by atoms with Crippen molar-refractivity contribution < 1.29 is 13.5 Å². The summed E-state index contributed by atoms with van der Waals surface area (Å²) in [5, 5.41) is 3.99. The Balaban J connectivity index is 1.79. The van der Waals surface area contributed by atoms with Crippen LogP contribution in [0.3, 0.4) is 0 Å². The highest BCUT2D eigenvalue weighted by molar-refractivity contribution is 6.30. The van der Waals surface area contributed by atoms with Crippen LogP contribution >= 0.6 is 11.6 Å². The molecule has 3 aromatic carbocycles. The molecule has 0 aliphatic carbocycles. The second-order valence-electron chi connectivity index (χ2n) is 7.13. The van der Waals surface area contributed by atoms with Crippen LogP contribution in [0.15, 0.2) is 79.0 Å². The van der Waals surface area contributed by atoms with Gasteiger partial charge in [-0.1, -0.05) is 54.1 Å². The van der Waals surface area contributed by atoms with E-state index in [-0.39, 0.29) is 5.75 Å². The van der Waals surface area contributed by atoms with Crippen LogP contribution in [0.1, 0.15) is 16.7 Å². The highest BCUT2D eigenvalue weighted by atomic mass is 35.5. The average Bonchev–Trinajstić information content (AvgIpc) is 3.18. The molecule has 1 aliphatic rings. The van der Waals surface area contributed by atoms with E-state index in [9.17, 15) is 8.78 Å². The Bertz CT molecular complexity index is 1070. The zero-order valence-electron chi connectivity index (χ0n) is 15.8. The molecule has 1 atom stereocenters. The summed E-state index contributed by atoms with van der Waals surface area (Å²) < 4.78 is 29.7. The van der Waals surface area contributed by atoms with Crippen molar-refractivity contribution in [3.63, 3.8) is 0 Å². The fourth-order valence-electron chi connectivity index (χ4n) is 3.98. The number of ether oxygens (including phenoxy) is 1. The summed E-state index contributed by atoms with van der Waals surface area (Å²) in [6, 6.07) is 21.2. The molecule has 0 saturated heterocycles. The molecule has 5 heteroatoms. The van der Waals surface area contributed by atoms with Crippen molar-refractivity contribution in [2.75, 3.05) is 6.54 Å². The molecule has 4 rings (SSSR count). The molecule has 0 saturated carbocycles. The van der Waals surface area contributed by atoms with Crippen molar-refractivity contribution in [2.45, 2.75) is 19.0 Å². The molecule has 0 amide bonds. The second-order valence-corrected chi connectivity index (χ2v) is 7.57. The van der Waals surface area contributed by atoms with Crippen LogP contribution in [0.2, 0.25) is 5.02 Å². The van der Waals surface area contributed by atoms with E-state index < -0.39 is 12.0 Å². The number of rotatable bonds is 5. The predicted molar refractivity (Wildman–Crippen MR) is 113 cm³/mol. The number of benzene rings is 3. The normalized spacial score (nSPS) is 18.1. The quantitative estimate of drug-likeness (QED) is 0.530. The standard InChI is InChI=1S/C24H20ClF2NO/c1-16-12-21(29-23(26)27)8-9-22(16)24(10-11-28-15-24)19-6-2-4-17(13-19)18-5-3-7-20(25)14-18/h2-14,23,28H,15H2,1H3. The van der Waals surface area contributed by atoms with E-state index in [4.69, 9.17) is 11.6 Å². The number of aryl methyl sites for hydroxylation is 1. The number of hydrogen-bond donors (Lipinski definition) is 1. The van der Waals surface area contributed by atoms with Gasteiger partial charge in [0.1, 0.15) is 5.75 Å². The summed E-state index contributed by atoms with van der Waals surface area (Å²) in [5.74, 6) is 0.166. The first-order valence-corrected chi connectivity index (χ1v) is 9.69. The topological polar surface area (TPSA) is 21.3 Å². The van der Waals surface area contributed by atoms with E-state index in [2.05, 4.69) is 34.3 Å². The van der Waals surface area contributed by atoms with Crippen molar-refractivity contribution in [1.29, 1.82) is 0 Å². The van der Waals surface area contributed by atoms with Crippen LogP contribution < -0.4 is 10.1 Å². The molecule has 29 heavy (non-hydrogen) atoms. The smallest absolute Gasteiger partial charge is 0.387 e. The predicted octanol–water partition coefficient (Wildman–Crippen LogP) is 6.32. The summed E-state index contributed by atoms with van der Waals surface area (Å²) in [6.45, 7) is -0.235. The summed E-state index contributed by atoms with van der Waals surface area (Å²) in [4.78, 5) is 0. The third-order valence-corrected chi connectivity index (χ3v) is 5.54. The van der Waals surface area contributed by atoms with Gasteiger partial charge in [0.25, 0.3) is 0 Å². The van der Waals surface area contributed by atoms with Crippen molar-refractivity contribution in [3.05, 3.63) is 101 Å². The molecule has 0 fully saturated rings. The van der Waals surface area contributed by atoms with Crippen molar-refractivity contribution in [3.8, 4) is 16.9 Å². The first kappa shape index (κ1) is 19.5. The van der Waals surface area contributed by atoms with Crippen molar-refractivity contribution in [2.24, 2.45) is 0 Å². The lowest BCUT2D eigenvalue weighted by Gasteiger charge is -2.30. The van der Waals surface area contributed by atoms with Crippen LogP contribution in [0.25, 0.3) is 11.1 Å². The minimum absolute atomic E-state index is 0.166. The van der Waals surface area contributed by atoms with E-state index in [0.29, 0.717) is 11.6 Å². The third-order valence-electron chi connectivity index (χ3n) is 5.31. The minimum atomic E-state index is -2.84. The van der Waals surface area contributed by atoms with Crippen molar-refractivity contribution in [1.82, 2.24) is 5.32 Å². The van der Waals surface area contributed by atoms with Crippen LogP contribution in [0.5, 0.6) is 5.75 Å².